The lowest BCUT2D eigenvalue weighted by molar-refractivity contribution is 0.384. The van der Waals surface area contributed by atoms with E-state index >= 15 is 0 Å². The third-order valence-electron chi connectivity index (χ3n) is 4.60. The van der Waals surface area contributed by atoms with Crippen LogP contribution < -0.4 is 4.90 Å². The summed E-state index contributed by atoms with van der Waals surface area (Å²) < 4.78 is 27.4. The average Bonchev–Trinajstić information content (AvgIpc) is 3.19. The molecule has 1 fully saturated rings. The van der Waals surface area contributed by atoms with Crippen LogP contribution >= 0.6 is 11.3 Å². The summed E-state index contributed by atoms with van der Waals surface area (Å²) in [5.74, 6) is 0.564. The summed E-state index contributed by atoms with van der Waals surface area (Å²) in [6, 6.07) is 5.73. The molecule has 1 saturated heterocycles. The Bertz CT molecular complexity index is 1080. The summed E-state index contributed by atoms with van der Waals surface area (Å²) in [5, 5.41) is 2.86. The number of anilines is 1. The van der Waals surface area contributed by atoms with E-state index in [1.165, 1.54) is 10.5 Å². The minimum absolute atomic E-state index is 0.179. The van der Waals surface area contributed by atoms with Gasteiger partial charge in [-0.05, 0) is 26.0 Å². The summed E-state index contributed by atoms with van der Waals surface area (Å²) in [7, 11) is -3.60. The smallest absolute Gasteiger partial charge is 0.246 e. The van der Waals surface area contributed by atoms with Crippen molar-refractivity contribution in [1.82, 2.24) is 24.2 Å². The van der Waals surface area contributed by atoms with Crippen molar-refractivity contribution in [3.8, 4) is 11.4 Å². The van der Waals surface area contributed by atoms with Crippen LogP contribution in [0.25, 0.3) is 11.4 Å². The molecular formula is C18H20N6O2S2. The van der Waals surface area contributed by atoms with Crippen molar-refractivity contribution in [2.24, 2.45) is 0 Å². The molecule has 0 bridgehead atoms. The fourth-order valence-corrected chi connectivity index (χ4v) is 5.53. The number of nitrogens with zero attached hydrogens (tertiary/aromatic N) is 6. The lowest BCUT2D eigenvalue weighted by Crippen LogP contribution is -2.48. The van der Waals surface area contributed by atoms with Crippen LogP contribution in [-0.4, -0.2) is 58.8 Å². The molecule has 1 aliphatic rings. The van der Waals surface area contributed by atoms with Gasteiger partial charge in [-0.25, -0.2) is 23.4 Å². The molecule has 8 nitrogen and oxygen atoms in total. The van der Waals surface area contributed by atoms with Crippen LogP contribution in [0.3, 0.4) is 0 Å². The summed E-state index contributed by atoms with van der Waals surface area (Å²) in [6.45, 7) is 5.41. The number of hydrogen-bond acceptors (Lipinski definition) is 8. The number of hydrogen-bond donors (Lipinski definition) is 0. The summed E-state index contributed by atoms with van der Waals surface area (Å²) in [6.07, 6.45) is 3.15. The van der Waals surface area contributed by atoms with Crippen molar-refractivity contribution < 1.29 is 8.42 Å². The molecule has 4 heterocycles. The molecule has 0 saturated carbocycles. The Morgan fingerprint density at radius 2 is 1.79 bits per heavy atom. The van der Waals surface area contributed by atoms with E-state index in [4.69, 9.17) is 0 Å². The number of aromatic nitrogens is 4. The van der Waals surface area contributed by atoms with Gasteiger partial charge < -0.3 is 4.90 Å². The lowest BCUT2D eigenvalue weighted by atomic mass is 10.3. The predicted octanol–water partition coefficient (Wildman–Crippen LogP) is 2.12. The molecule has 10 heteroatoms. The molecule has 0 N–H and O–H groups in total. The minimum atomic E-state index is -3.60. The largest absolute Gasteiger partial charge is 0.345 e. The van der Waals surface area contributed by atoms with E-state index < -0.39 is 10.0 Å². The maximum absolute atomic E-state index is 13.0. The third kappa shape index (κ3) is 3.62. The first-order valence-corrected chi connectivity index (χ1v) is 11.2. The number of pyridine rings is 1. The highest BCUT2D eigenvalue weighted by Crippen LogP contribution is 2.28. The summed E-state index contributed by atoms with van der Waals surface area (Å²) in [4.78, 5) is 19.5. The topological polar surface area (TPSA) is 92.2 Å². The van der Waals surface area contributed by atoms with E-state index in [2.05, 4.69) is 24.8 Å². The number of piperazine rings is 1. The van der Waals surface area contributed by atoms with Gasteiger partial charge in [-0.1, -0.05) is 6.07 Å². The zero-order valence-corrected chi connectivity index (χ0v) is 17.2. The third-order valence-corrected chi connectivity index (χ3v) is 7.50. The van der Waals surface area contributed by atoms with Crippen LogP contribution in [0.5, 0.6) is 0 Å². The van der Waals surface area contributed by atoms with Gasteiger partial charge >= 0.3 is 0 Å². The Labute approximate surface area is 168 Å². The SMILES string of the molecule is Cc1ncc(S(=O)(=O)N2CCN(c3nc(-c4ccccn4)cs3)CC2)c(C)n1. The predicted molar refractivity (Wildman–Crippen MR) is 108 cm³/mol. The highest BCUT2D eigenvalue weighted by molar-refractivity contribution is 7.89. The quantitative estimate of drug-likeness (QED) is 0.643. The van der Waals surface area contributed by atoms with E-state index in [9.17, 15) is 8.42 Å². The van der Waals surface area contributed by atoms with Crippen LogP contribution in [0.1, 0.15) is 11.5 Å². The van der Waals surface area contributed by atoms with E-state index in [-0.39, 0.29) is 4.90 Å². The van der Waals surface area contributed by atoms with E-state index in [0.717, 1.165) is 16.5 Å². The minimum Gasteiger partial charge on any atom is -0.345 e. The van der Waals surface area contributed by atoms with Crippen molar-refractivity contribution in [3.63, 3.8) is 0 Å². The second-order valence-corrected chi connectivity index (χ2v) is 9.23. The van der Waals surface area contributed by atoms with Crippen LogP contribution in [0.2, 0.25) is 0 Å². The van der Waals surface area contributed by atoms with E-state index in [1.807, 2.05) is 23.6 Å². The van der Waals surface area contributed by atoms with Crippen molar-refractivity contribution in [2.75, 3.05) is 31.1 Å². The first kappa shape index (κ1) is 18.9. The molecule has 0 aromatic carbocycles. The maximum Gasteiger partial charge on any atom is 0.246 e. The molecule has 3 aromatic rings. The highest BCUT2D eigenvalue weighted by Gasteiger charge is 2.31. The van der Waals surface area contributed by atoms with Crippen molar-refractivity contribution >= 4 is 26.5 Å². The maximum atomic E-state index is 13.0. The Morgan fingerprint density at radius 1 is 1.00 bits per heavy atom. The zero-order valence-electron chi connectivity index (χ0n) is 15.6. The van der Waals surface area contributed by atoms with Gasteiger partial charge in [-0.2, -0.15) is 4.31 Å². The van der Waals surface area contributed by atoms with Gasteiger partial charge in [-0.15, -0.1) is 11.3 Å². The average molecular weight is 417 g/mol. The van der Waals surface area contributed by atoms with Crippen LogP contribution in [-0.2, 0) is 10.0 Å². The molecule has 146 valence electrons. The summed E-state index contributed by atoms with van der Waals surface area (Å²) >= 11 is 1.55. The first-order chi connectivity index (χ1) is 13.4. The number of sulfonamides is 1. The Morgan fingerprint density at radius 3 is 2.46 bits per heavy atom. The molecule has 1 aliphatic heterocycles. The molecule has 0 unspecified atom stereocenters. The highest BCUT2D eigenvalue weighted by atomic mass is 32.2. The molecule has 28 heavy (non-hydrogen) atoms. The molecule has 0 radical (unpaired) electrons. The molecular weight excluding hydrogens is 396 g/mol. The van der Waals surface area contributed by atoms with Crippen molar-refractivity contribution in [2.45, 2.75) is 18.7 Å². The van der Waals surface area contributed by atoms with Crippen molar-refractivity contribution in [1.29, 1.82) is 0 Å². The fourth-order valence-electron chi connectivity index (χ4n) is 3.13. The van der Waals surface area contributed by atoms with Gasteiger partial charge in [0, 0.05) is 37.8 Å². The molecule has 0 atom stereocenters. The van der Waals surface area contributed by atoms with Crippen LogP contribution in [0.4, 0.5) is 5.13 Å². The number of aryl methyl sites for hydroxylation is 2. The van der Waals surface area contributed by atoms with Gasteiger partial charge in [0.1, 0.15) is 16.4 Å². The molecule has 0 amide bonds. The van der Waals surface area contributed by atoms with Gasteiger partial charge in [0.2, 0.25) is 10.0 Å². The Kier molecular flexibility index (Phi) is 5.09. The van der Waals surface area contributed by atoms with E-state index in [0.29, 0.717) is 37.7 Å². The Balaban J connectivity index is 1.47. The Hall–Kier alpha value is -2.43. The van der Waals surface area contributed by atoms with Crippen LogP contribution in [0.15, 0.2) is 40.9 Å². The zero-order chi connectivity index (χ0) is 19.7. The standard InChI is InChI=1S/C18H20N6O2S2/c1-13-17(11-20-14(2)21-13)28(25,26)24-9-7-23(8-10-24)18-22-16(12-27-18)15-5-3-4-6-19-15/h3-6,11-12H,7-10H2,1-2H3. The molecule has 3 aromatic heterocycles. The van der Waals surface area contributed by atoms with Gasteiger partial charge in [0.05, 0.1) is 17.6 Å². The van der Waals surface area contributed by atoms with Gasteiger partial charge in [-0.3, -0.25) is 4.98 Å². The first-order valence-electron chi connectivity index (χ1n) is 8.87. The second kappa shape index (κ2) is 7.53. The molecule has 4 rings (SSSR count). The lowest BCUT2D eigenvalue weighted by Gasteiger charge is -2.33. The fraction of sp³-hybridized carbons (Fsp3) is 0.333. The number of rotatable bonds is 4. The molecule has 0 aliphatic carbocycles. The summed E-state index contributed by atoms with van der Waals surface area (Å²) in [5.41, 5.74) is 2.15. The van der Waals surface area contributed by atoms with E-state index in [1.54, 1.807) is 31.4 Å². The van der Waals surface area contributed by atoms with Crippen LogP contribution in [0, 0.1) is 13.8 Å². The monoisotopic (exact) mass is 416 g/mol. The normalized spacial score (nSPS) is 15.7. The van der Waals surface area contributed by atoms with Gasteiger partial charge in [0.15, 0.2) is 5.13 Å². The second-order valence-electron chi connectivity index (χ2n) is 6.49. The molecule has 0 spiro atoms. The number of thiazole rings is 1. The van der Waals surface area contributed by atoms with Crippen molar-refractivity contribution in [3.05, 3.63) is 47.5 Å². The van der Waals surface area contributed by atoms with Gasteiger partial charge in [0.25, 0.3) is 0 Å².